The van der Waals surface area contributed by atoms with Crippen LogP contribution in [0.15, 0.2) is 65.2 Å². The number of benzene rings is 3. The molecule has 1 saturated heterocycles. The summed E-state index contributed by atoms with van der Waals surface area (Å²) < 4.78 is 5.48. The Kier molecular flexibility index (Phi) is 4.69. The first-order valence-corrected chi connectivity index (χ1v) is 9.93. The predicted molar refractivity (Wildman–Crippen MR) is 114 cm³/mol. The highest BCUT2D eigenvalue weighted by molar-refractivity contribution is 5.97. The number of likely N-dealkylation sites (tertiary alicyclic amines) is 1. The van der Waals surface area contributed by atoms with Crippen LogP contribution in [-0.4, -0.2) is 39.2 Å². The SMILES string of the molecule is N#Cc1ccc(-c2nc(-c3ccc(CN4CC(C(=O)O)C4)c4ccccc34)no2)cc1. The average Bonchev–Trinajstić information content (AvgIpc) is 3.25. The number of aromatic nitrogens is 2. The van der Waals surface area contributed by atoms with E-state index in [4.69, 9.17) is 14.9 Å². The fourth-order valence-electron chi connectivity index (χ4n) is 3.93. The van der Waals surface area contributed by atoms with E-state index in [9.17, 15) is 4.79 Å². The molecule has 2 heterocycles. The maximum absolute atomic E-state index is 11.1. The zero-order valence-electron chi connectivity index (χ0n) is 16.5. The second kappa shape index (κ2) is 7.67. The van der Waals surface area contributed by atoms with Gasteiger partial charge in [-0.1, -0.05) is 41.6 Å². The maximum atomic E-state index is 11.1. The molecule has 0 bridgehead atoms. The summed E-state index contributed by atoms with van der Waals surface area (Å²) >= 11 is 0. The number of carbonyl (C=O) groups is 1. The van der Waals surface area contributed by atoms with Gasteiger partial charge >= 0.3 is 5.97 Å². The third-order valence-corrected chi connectivity index (χ3v) is 5.64. The standard InChI is InChI=1S/C24H18N4O3/c25-11-15-5-7-16(8-6-15)23-26-22(27-31-23)21-10-9-17(19-3-1-2-4-20(19)21)12-28-13-18(14-28)24(29)30/h1-10,18H,12-14H2,(H,29,30). The van der Waals surface area contributed by atoms with Crippen LogP contribution in [0.25, 0.3) is 33.6 Å². The van der Waals surface area contributed by atoms with Crippen LogP contribution in [0.1, 0.15) is 11.1 Å². The van der Waals surface area contributed by atoms with Crippen LogP contribution in [0.2, 0.25) is 0 Å². The molecule has 1 aliphatic heterocycles. The van der Waals surface area contributed by atoms with Crippen molar-refractivity contribution >= 4 is 16.7 Å². The molecule has 3 aromatic carbocycles. The summed E-state index contributed by atoms with van der Waals surface area (Å²) in [6, 6.07) is 21.2. The van der Waals surface area contributed by atoms with Gasteiger partial charge in [0.2, 0.25) is 5.82 Å². The lowest BCUT2D eigenvalue weighted by Crippen LogP contribution is -2.49. The first-order valence-electron chi connectivity index (χ1n) is 9.93. The van der Waals surface area contributed by atoms with E-state index in [-0.39, 0.29) is 5.92 Å². The number of rotatable bonds is 5. The average molecular weight is 410 g/mol. The molecule has 0 radical (unpaired) electrons. The minimum atomic E-state index is -0.730. The number of nitriles is 1. The fraction of sp³-hybridized carbons (Fsp3) is 0.167. The Morgan fingerprint density at radius 3 is 2.55 bits per heavy atom. The molecule has 0 amide bonds. The van der Waals surface area contributed by atoms with E-state index >= 15 is 0 Å². The zero-order valence-corrected chi connectivity index (χ0v) is 16.5. The molecule has 1 aliphatic rings. The van der Waals surface area contributed by atoms with Crippen molar-refractivity contribution in [3.05, 3.63) is 71.8 Å². The molecular weight excluding hydrogens is 392 g/mol. The van der Waals surface area contributed by atoms with Gasteiger partial charge in [-0.05, 0) is 40.6 Å². The van der Waals surface area contributed by atoms with Gasteiger partial charge in [-0.15, -0.1) is 0 Å². The number of hydrogen-bond donors (Lipinski definition) is 1. The van der Waals surface area contributed by atoms with Crippen LogP contribution in [-0.2, 0) is 11.3 Å². The highest BCUT2D eigenvalue weighted by Crippen LogP contribution is 2.32. The van der Waals surface area contributed by atoms with Crippen molar-refractivity contribution in [2.45, 2.75) is 6.54 Å². The minimum Gasteiger partial charge on any atom is -0.481 e. The molecule has 0 saturated carbocycles. The van der Waals surface area contributed by atoms with Gasteiger partial charge in [-0.25, -0.2) is 0 Å². The van der Waals surface area contributed by atoms with E-state index in [2.05, 4.69) is 27.2 Å². The Hall–Kier alpha value is -4.02. The van der Waals surface area contributed by atoms with Crippen LogP contribution in [0.5, 0.6) is 0 Å². The molecule has 7 heteroatoms. The molecule has 0 atom stereocenters. The van der Waals surface area contributed by atoms with Crippen molar-refractivity contribution < 1.29 is 14.4 Å². The number of carboxylic acid groups (broad SMARTS) is 1. The number of carboxylic acids is 1. The highest BCUT2D eigenvalue weighted by Gasteiger charge is 2.32. The van der Waals surface area contributed by atoms with Gasteiger partial charge in [-0.3, -0.25) is 9.69 Å². The third kappa shape index (κ3) is 3.54. The molecule has 0 aliphatic carbocycles. The third-order valence-electron chi connectivity index (χ3n) is 5.64. The van der Waals surface area contributed by atoms with Crippen LogP contribution < -0.4 is 0 Å². The summed E-state index contributed by atoms with van der Waals surface area (Å²) in [4.78, 5) is 17.8. The molecule has 0 spiro atoms. The van der Waals surface area contributed by atoms with E-state index in [1.165, 1.54) is 0 Å². The van der Waals surface area contributed by atoms with Crippen LogP contribution in [0.3, 0.4) is 0 Å². The number of hydrogen-bond acceptors (Lipinski definition) is 6. The molecule has 31 heavy (non-hydrogen) atoms. The van der Waals surface area contributed by atoms with Gasteiger partial charge in [-0.2, -0.15) is 10.2 Å². The summed E-state index contributed by atoms with van der Waals surface area (Å²) in [6.07, 6.45) is 0. The largest absolute Gasteiger partial charge is 0.481 e. The summed E-state index contributed by atoms with van der Waals surface area (Å²) in [5, 5.41) is 24.3. The number of fused-ring (bicyclic) bond motifs is 1. The Morgan fingerprint density at radius 1 is 1.10 bits per heavy atom. The number of aliphatic carboxylic acids is 1. The molecule has 1 fully saturated rings. The van der Waals surface area contributed by atoms with Gasteiger partial charge < -0.3 is 9.63 Å². The predicted octanol–water partition coefficient (Wildman–Crippen LogP) is 3.94. The maximum Gasteiger partial charge on any atom is 0.309 e. The first kappa shape index (κ1) is 19.0. The normalized spacial score (nSPS) is 14.3. The second-order valence-corrected chi connectivity index (χ2v) is 7.66. The van der Waals surface area contributed by atoms with E-state index in [1.54, 1.807) is 24.3 Å². The summed E-state index contributed by atoms with van der Waals surface area (Å²) in [7, 11) is 0. The lowest BCUT2D eigenvalue weighted by atomic mass is 9.95. The highest BCUT2D eigenvalue weighted by atomic mass is 16.5. The summed E-state index contributed by atoms with van der Waals surface area (Å²) in [5.41, 5.74) is 3.33. The van der Waals surface area contributed by atoms with Crippen molar-refractivity contribution in [2.24, 2.45) is 5.92 Å². The second-order valence-electron chi connectivity index (χ2n) is 7.66. The van der Waals surface area contributed by atoms with Gasteiger partial charge in [0.15, 0.2) is 0 Å². The molecule has 152 valence electrons. The van der Waals surface area contributed by atoms with Crippen LogP contribution >= 0.6 is 0 Å². The monoisotopic (exact) mass is 410 g/mol. The van der Waals surface area contributed by atoms with Crippen molar-refractivity contribution in [3.63, 3.8) is 0 Å². The molecule has 1 N–H and O–H groups in total. The van der Waals surface area contributed by atoms with Gasteiger partial charge in [0, 0.05) is 30.8 Å². The Bertz CT molecular complexity index is 1310. The van der Waals surface area contributed by atoms with Crippen molar-refractivity contribution in [3.8, 4) is 28.9 Å². The van der Waals surface area contributed by atoms with E-state index < -0.39 is 5.97 Å². The van der Waals surface area contributed by atoms with Crippen molar-refractivity contribution in [1.82, 2.24) is 15.0 Å². The lowest BCUT2D eigenvalue weighted by Gasteiger charge is -2.36. The molecule has 5 rings (SSSR count). The Labute approximate surface area is 178 Å². The molecular formula is C24H18N4O3. The lowest BCUT2D eigenvalue weighted by molar-refractivity contribution is -0.147. The van der Waals surface area contributed by atoms with Crippen LogP contribution in [0, 0.1) is 17.2 Å². The van der Waals surface area contributed by atoms with Gasteiger partial charge in [0.25, 0.3) is 5.89 Å². The topological polar surface area (TPSA) is 103 Å². The van der Waals surface area contributed by atoms with Crippen molar-refractivity contribution in [2.75, 3.05) is 13.1 Å². The Morgan fingerprint density at radius 2 is 1.84 bits per heavy atom. The summed E-state index contributed by atoms with van der Waals surface area (Å²) in [5.74, 6) is -0.109. The van der Waals surface area contributed by atoms with E-state index in [1.807, 2.05) is 30.3 Å². The van der Waals surface area contributed by atoms with Gasteiger partial charge in [0.1, 0.15) is 0 Å². The van der Waals surface area contributed by atoms with Crippen LogP contribution in [0.4, 0.5) is 0 Å². The molecule has 1 aromatic heterocycles. The van der Waals surface area contributed by atoms with Gasteiger partial charge in [0.05, 0.1) is 17.6 Å². The van der Waals surface area contributed by atoms with E-state index in [0.29, 0.717) is 36.9 Å². The zero-order chi connectivity index (χ0) is 21.4. The minimum absolute atomic E-state index is 0.273. The van der Waals surface area contributed by atoms with E-state index in [0.717, 1.165) is 27.5 Å². The molecule has 0 unspecified atom stereocenters. The van der Waals surface area contributed by atoms with Crippen molar-refractivity contribution in [1.29, 1.82) is 5.26 Å². The number of nitrogens with zero attached hydrogens (tertiary/aromatic N) is 4. The Balaban J connectivity index is 1.45. The molecule has 4 aromatic rings. The fourth-order valence-corrected chi connectivity index (χ4v) is 3.93. The quantitative estimate of drug-likeness (QED) is 0.531. The summed E-state index contributed by atoms with van der Waals surface area (Å²) in [6.45, 7) is 1.85. The smallest absolute Gasteiger partial charge is 0.309 e. The molecule has 7 nitrogen and oxygen atoms in total. The first-order chi connectivity index (χ1) is 15.1.